The Bertz CT molecular complexity index is 696. The lowest BCUT2D eigenvalue weighted by Gasteiger charge is -2.27. The van der Waals surface area contributed by atoms with Crippen LogP contribution >= 0.6 is 11.8 Å². The summed E-state index contributed by atoms with van der Waals surface area (Å²) in [6, 6.07) is 5.64. The van der Waals surface area contributed by atoms with Crippen LogP contribution in [0.15, 0.2) is 35.4 Å². The first kappa shape index (κ1) is 17.5. The summed E-state index contributed by atoms with van der Waals surface area (Å²) in [5.74, 6) is 2.00. The summed E-state index contributed by atoms with van der Waals surface area (Å²) < 4.78 is 38.5. The van der Waals surface area contributed by atoms with Crippen LogP contribution in [-0.2, 0) is 6.18 Å². The number of thioether (sulfide) groups is 1. The van der Waals surface area contributed by atoms with Gasteiger partial charge in [0.1, 0.15) is 0 Å². The first-order valence-electron chi connectivity index (χ1n) is 8.17. The molecule has 1 N–H and O–H groups in total. The first-order valence-corrected chi connectivity index (χ1v) is 9.15. The summed E-state index contributed by atoms with van der Waals surface area (Å²) >= 11 is 1.69. The third-order valence-corrected chi connectivity index (χ3v) is 6.03. The molecular weight excluding hydrogens is 335 g/mol. The summed E-state index contributed by atoms with van der Waals surface area (Å²) in [5, 5.41) is 9.97. The zero-order valence-electron chi connectivity index (χ0n) is 13.2. The molecule has 1 aromatic heterocycles. The largest absolute Gasteiger partial charge is 0.416 e. The van der Waals surface area contributed by atoms with Crippen molar-refractivity contribution in [2.45, 2.75) is 36.8 Å². The number of nitrogens with zero attached hydrogens (tertiary/aromatic N) is 1. The third-order valence-electron chi connectivity index (χ3n) is 4.73. The number of pyridine rings is 1. The molecule has 130 valence electrons. The number of aliphatic hydroxyl groups is 1. The lowest BCUT2D eigenvalue weighted by molar-refractivity contribution is -0.137. The van der Waals surface area contributed by atoms with Crippen LogP contribution < -0.4 is 0 Å². The van der Waals surface area contributed by atoms with Crippen molar-refractivity contribution in [1.82, 2.24) is 4.98 Å². The summed E-state index contributed by atoms with van der Waals surface area (Å²) in [6.45, 7) is 0.274. The van der Waals surface area contributed by atoms with Gasteiger partial charge in [-0.05, 0) is 55.7 Å². The molecule has 1 fully saturated rings. The van der Waals surface area contributed by atoms with Gasteiger partial charge in [0.2, 0.25) is 0 Å². The number of alkyl halides is 3. The van der Waals surface area contributed by atoms with Crippen LogP contribution in [0.5, 0.6) is 0 Å². The Labute approximate surface area is 143 Å². The van der Waals surface area contributed by atoms with Crippen LogP contribution in [0, 0.1) is 11.8 Å². The summed E-state index contributed by atoms with van der Waals surface area (Å²) in [6.07, 6.45) is 1.58. The number of rotatable bonds is 4. The maximum Gasteiger partial charge on any atom is 0.416 e. The van der Waals surface area contributed by atoms with Gasteiger partial charge in [0.05, 0.1) is 11.1 Å². The Balaban J connectivity index is 1.71. The second-order valence-corrected chi connectivity index (χ2v) is 7.48. The van der Waals surface area contributed by atoms with E-state index >= 15 is 0 Å². The molecule has 0 unspecified atom stereocenters. The van der Waals surface area contributed by atoms with E-state index in [1.165, 1.54) is 6.07 Å². The van der Waals surface area contributed by atoms with Gasteiger partial charge in [-0.15, -0.1) is 11.8 Å². The van der Waals surface area contributed by atoms with Crippen LogP contribution in [0.2, 0.25) is 0 Å². The van der Waals surface area contributed by atoms with E-state index in [0.29, 0.717) is 17.4 Å². The maximum atomic E-state index is 12.8. The molecule has 0 saturated heterocycles. The average Bonchev–Trinajstić information content (AvgIpc) is 2.59. The molecule has 1 heterocycles. The molecular formula is C18H20F3NOS. The smallest absolute Gasteiger partial charge is 0.396 e. The fraction of sp³-hybridized carbons (Fsp3) is 0.500. The summed E-state index contributed by atoms with van der Waals surface area (Å²) in [7, 11) is 0. The minimum atomic E-state index is -4.34. The van der Waals surface area contributed by atoms with Gasteiger partial charge in [-0.25, -0.2) is 0 Å². The van der Waals surface area contributed by atoms with Gasteiger partial charge in [0.15, 0.2) is 0 Å². The third kappa shape index (κ3) is 4.03. The van der Waals surface area contributed by atoms with Crippen LogP contribution in [0.1, 0.15) is 31.2 Å². The van der Waals surface area contributed by atoms with Crippen LogP contribution in [-0.4, -0.2) is 22.5 Å². The second-order valence-electron chi connectivity index (χ2n) is 6.42. The van der Waals surface area contributed by atoms with Crippen molar-refractivity contribution in [3.8, 4) is 0 Å². The van der Waals surface area contributed by atoms with Gasteiger partial charge in [0, 0.05) is 28.8 Å². The number of fused-ring (bicyclic) bond motifs is 1. The molecule has 2 nitrogen and oxygen atoms in total. The molecule has 0 amide bonds. The van der Waals surface area contributed by atoms with Gasteiger partial charge in [-0.1, -0.05) is 6.07 Å². The molecule has 2 aromatic rings. The Kier molecular flexibility index (Phi) is 5.35. The molecule has 0 radical (unpaired) electrons. The van der Waals surface area contributed by atoms with Crippen molar-refractivity contribution >= 4 is 22.7 Å². The molecule has 1 aliphatic carbocycles. The molecule has 1 saturated carbocycles. The van der Waals surface area contributed by atoms with Crippen molar-refractivity contribution in [2.75, 3.05) is 12.4 Å². The van der Waals surface area contributed by atoms with E-state index in [-0.39, 0.29) is 6.61 Å². The van der Waals surface area contributed by atoms with E-state index in [4.69, 9.17) is 0 Å². The summed E-state index contributed by atoms with van der Waals surface area (Å²) in [5.41, 5.74) is -0.272. The highest BCUT2D eigenvalue weighted by molar-refractivity contribution is 7.99. The topological polar surface area (TPSA) is 33.1 Å². The van der Waals surface area contributed by atoms with Crippen molar-refractivity contribution in [3.05, 3.63) is 36.0 Å². The number of aromatic nitrogens is 1. The molecule has 0 spiro atoms. The maximum absolute atomic E-state index is 12.8. The van der Waals surface area contributed by atoms with E-state index in [1.807, 2.05) is 6.07 Å². The molecule has 0 bridgehead atoms. The quantitative estimate of drug-likeness (QED) is 0.771. The van der Waals surface area contributed by atoms with E-state index in [0.717, 1.165) is 53.9 Å². The van der Waals surface area contributed by atoms with Crippen LogP contribution in [0.3, 0.4) is 0 Å². The van der Waals surface area contributed by atoms with Gasteiger partial charge in [-0.3, -0.25) is 4.98 Å². The Hall–Kier alpha value is -1.27. The molecule has 0 atom stereocenters. The standard InChI is InChI=1S/C18H20F3NOS/c19-18(20,21)14-5-6-15-16(9-14)22-8-7-17(15)24-11-13-3-1-12(10-23)2-4-13/h5-9,12-13,23H,1-4,10-11H2. The lowest BCUT2D eigenvalue weighted by Crippen LogP contribution is -2.18. The predicted molar refractivity (Wildman–Crippen MR) is 90.0 cm³/mol. The number of hydrogen-bond acceptors (Lipinski definition) is 3. The Morgan fingerprint density at radius 3 is 2.46 bits per heavy atom. The minimum Gasteiger partial charge on any atom is -0.396 e. The highest BCUT2D eigenvalue weighted by atomic mass is 32.2. The normalized spacial score (nSPS) is 22.0. The van der Waals surface area contributed by atoms with Crippen LogP contribution in [0.4, 0.5) is 13.2 Å². The van der Waals surface area contributed by atoms with Gasteiger partial charge in [-0.2, -0.15) is 13.2 Å². The average molecular weight is 355 g/mol. The fourth-order valence-electron chi connectivity index (χ4n) is 3.21. The van der Waals surface area contributed by atoms with E-state index in [1.54, 1.807) is 18.0 Å². The molecule has 1 aliphatic rings. The second kappa shape index (κ2) is 7.31. The molecule has 6 heteroatoms. The highest BCUT2D eigenvalue weighted by Crippen LogP contribution is 2.36. The number of halogens is 3. The highest BCUT2D eigenvalue weighted by Gasteiger charge is 2.30. The zero-order chi connectivity index (χ0) is 17.2. The summed E-state index contributed by atoms with van der Waals surface area (Å²) in [4.78, 5) is 5.07. The van der Waals surface area contributed by atoms with Crippen molar-refractivity contribution in [3.63, 3.8) is 0 Å². The van der Waals surface area contributed by atoms with Gasteiger partial charge in [0.25, 0.3) is 0 Å². The molecule has 3 rings (SSSR count). The van der Waals surface area contributed by atoms with Crippen LogP contribution in [0.25, 0.3) is 10.9 Å². The number of benzene rings is 1. The Morgan fingerprint density at radius 2 is 1.79 bits per heavy atom. The van der Waals surface area contributed by atoms with Crippen molar-refractivity contribution in [2.24, 2.45) is 11.8 Å². The number of aliphatic hydroxyl groups excluding tert-OH is 1. The minimum absolute atomic E-state index is 0.274. The predicted octanol–water partition coefficient (Wildman–Crippen LogP) is 5.14. The van der Waals surface area contributed by atoms with Crippen molar-refractivity contribution < 1.29 is 18.3 Å². The van der Waals surface area contributed by atoms with Gasteiger partial charge >= 0.3 is 6.18 Å². The molecule has 24 heavy (non-hydrogen) atoms. The Morgan fingerprint density at radius 1 is 1.08 bits per heavy atom. The van der Waals surface area contributed by atoms with E-state index in [9.17, 15) is 18.3 Å². The lowest BCUT2D eigenvalue weighted by atomic mass is 9.83. The van der Waals surface area contributed by atoms with Gasteiger partial charge < -0.3 is 5.11 Å². The fourth-order valence-corrected chi connectivity index (χ4v) is 4.45. The van der Waals surface area contributed by atoms with E-state index < -0.39 is 11.7 Å². The van der Waals surface area contributed by atoms with Crippen molar-refractivity contribution in [1.29, 1.82) is 0 Å². The monoisotopic (exact) mass is 355 g/mol. The SMILES string of the molecule is OCC1CCC(CSc2ccnc3cc(C(F)(F)F)ccc23)CC1. The first-order chi connectivity index (χ1) is 11.5. The zero-order valence-corrected chi connectivity index (χ0v) is 14.0. The number of hydrogen-bond donors (Lipinski definition) is 1. The molecule has 0 aliphatic heterocycles. The molecule has 1 aromatic carbocycles. The van der Waals surface area contributed by atoms with E-state index in [2.05, 4.69) is 4.98 Å².